The largest absolute Gasteiger partial charge is 0.373 e. The minimum atomic E-state index is -0.230. The first-order chi connectivity index (χ1) is 12.7. The molecule has 0 atom stereocenters. The van der Waals surface area contributed by atoms with Crippen LogP contribution in [0.4, 0.5) is 10.1 Å². The van der Waals surface area contributed by atoms with Gasteiger partial charge >= 0.3 is 0 Å². The van der Waals surface area contributed by atoms with E-state index < -0.39 is 0 Å². The lowest BCUT2D eigenvalue weighted by atomic mass is 10.1. The average Bonchev–Trinajstić information content (AvgIpc) is 2.68. The van der Waals surface area contributed by atoms with E-state index in [1.165, 1.54) is 6.07 Å². The molecule has 3 rings (SSSR count). The number of nitrogens with zero attached hydrogens (tertiary/aromatic N) is 2. The Morgan fingerprint density at radius 2 is 1.88 bits per heavy atom. The fourth-order valence-corrected chi connectivity index (χ4v) is 3.23. The summed E-state index contributed by atoms with van der Waals surface area (Å²) >= 11 is 5.48. The number of nitriles is 1. The third kappa shape index (κ3) is 4.57. The number of anilines is 1. The Morgan fingerprint density at radius 3 is 2.62 bits per heavy atom. The molecule has 1 saturated heterocycles. The summed E-state index contributed by atoms with van der Waals surface area (Å²) in [4.78, 5) is 2.08. The van der Waals surface area contributed by atoms with E-state index >= 15 is 0 Å². The fraction of sp³-hybridized carbons (Fsp3) is 0.300. The van der Waals surface area contributed by atoms with Gasteiger partial charge in [0.2, 0.25) is 0 Å². The molecular weight excluding hydrogens is 349 g/mol. The maximum Gasteiger partial charge on any atom is 0.173 e. The summed E-state index contributed by atoms with van der Waals surface area (Å²) < 4.78 is 19.5. The van der Waals surface area contributed by atoms with Gasteiger partial charge in [-0.1, -0.05) is 30.3 Å². The zero-order valence-corrected chi connectivity index (χ0v) is 15.1. The fourth-order valence-electron chi connectivity index (χ4n) is 2.93. The van der Waals surface area contributed by atoms with Crippen molar-refractivity contribution in [1.82, 2.24) is 4.90 Å². The molecule has 26 heavy (non-hydrogen) atoms. The molecule has 0 saturated carbocycles. The second kappa shape index (κ2) is 8.75. The molecule has 1 aliphatic heterocycles. The van der Waals surface area contributed by atoms with Crippen LogP contribution in [0.5, 0.6) is 0 Å². The van der Waals surface area contributed by atoms with Crippen molar-refractivity contribution in [3.8, 4) is 6.07 Å². The van der Waals surface area contributed by atoms with E-state index in [4.69, 9.17) is 22.2 Å². The summed E-state index contributed by atoms with van der Waals surface area (Å²) in [6.07, 6.45) is 1.76. The highest BCUT2D eigenvalue weighted by molar-refractivity contribution is 7.80. The first kappa shape index (κ1) is 18.3. The molecule has 1 fully saturated rings. The molecule has 2 aromatic carbocycles. The quantitative estimate of drug-likeness (QED) is 0.823. The summed E-state index contributed by atoms with van der Waals surface area (Å²) in [7, 11) is 0. The van der Waals surface area contributed by atoms with Crippen molar-refractivity contribution in [2.24, 2.45) is 0 Å². The van der Waals surface area contributed by atoms with Crippen molar-refractivity contribution in [3.05, 3.63) is 65.5 Å². The van der Waals surface area contributed by atoms with Crippen molar-refractivity contribution >= 4 is 23.0 Å². The summed E-state index contributed by atoms with van der Waals surface area (Å²) in [6.45, 7) is 1.82. The van der Waals surface area contributed by atoms with E-state index in [0.717, 1.165) is 31.6 Å². The van der Waals surface area contributed by atoms with Gasteiger partial charge in [0, 0.05) is 18.7 Å². The van der Waals surface area contributed by atoms with E-state index in [1.54, 1.807) is 18.2 Å². The first-order valence-electron chi connectivity index (χ1n) is 8.57. The predicted octanol–water partition coefficient (Wildman–Crippen LogP) is 4.08. The number of thiocarbonyl (C=S) groups is 1. The Labute approximate surface area is 158 Å². The summed E-state index contributed by atoms with van der Waals surface area (Å²) in [5, 5.41) is 12.9. The number of likely N-dealkylation sites (tertiary alicyclic amines) is 1. The van der Waals surface area contributed by atoms with Crippen LogP contribution in [0, 0.1) is 17.1 Å². The van der Waals surface area contributed by atoms with Crippen molar-refractivity contribution < 1.29 is 9.13 Å². The van der Waals surface area contributed by atoms with Gasteiger partial charge in [-0.3, -0.25) is 0 Å². The monoisotopic (exact) mass is 369 g/mol. The molecule has 0 aliphatic carbocycles. The smallest absolute Gasteiger partial charge is 0.173 e. The molecule has 134 valence electrons. The van der Waals surface area contributed by atoms with Crippen molar-refractivity contribution in [2.75, 3.05) is 18.4 Å². The lowest BCUT2D eigenvalue weighted by molar-refractivity contribution is 0.00753. The summed E-state index contributed by atoms with van der Waals surface area (Å²) in [5.41, 5.74) is 1.87. The molecule has 0 amide bonds. The van der Waals surface area contributed by atoms with Crippen molar-refractivity contribution in [2.45, 2.75) is 25.6 Å². The molecule has 0 aromatic heterocycles. The molecular formula is C20H20FN3OS. The Hall–Kier alpha value is -2.49. The van der Waals surface area contributed by atoms with Crippen LogP contribution in [0.15, 0.2) is 48.5 Å². The van der Waals surface area contributed by atoms with E-state index in [9.17, 15) is 4.39 Å². The maximum atomic E-state index is 13.6. The highest BCUT2D eigenvalue weighted by Gasteiger charge is 2.22. The molecule has 1 heterocycles. The standard InChI is InChI=1S/C20H20FN3OS/c21-18-7-3-1-6-16(18)14-25-17-9-11-24(12-10-17)20(26)23-19-8-4-2-5-15(19)13-22/h1-8,17H,9-12,14H2,(H,23,26). The van der Waals surface area contributed by atoms with Crippen LogP contribution in [0.25, 0.3) is 0 Å². The molecule has 4 nitrogen and oxygen atoms in total. The second-order valence-electron chi connectivity index (χ2n) is 6.18. The van der Waals surface area contributed by atoms with Gasteiger partial charge in [-0.2, -0.15) is 5.26 Å². The third-order valence-electron chi connectivity index (χ3n) is 4.45. The van der Waals surface area contributed by atoms with Crippen LogP contribution < -0.4 is 5.32 Å². The van der Waals surface area contributed by atoms with Crippen LogP contribution in [-0.4, -0.2) is 29.2 Å². The molecule has 0 bridgehead atoms. The van der Waals surface area contributed by atoms with Crippen LogP contribution in [0.3, 0.4) is 0 Å². The molecule has 0 unspecified atom stereocenters. The molecule has 1 aliphatic rings. The van der Waals surface area contributed by atoms with Gasteiger partial charge in [-0.25, -0.2) is 4.39 Å². The Balaban J connectivity index is 1.48. The predicted molar refractivity (Wildman–Crippen MR) is 103 cm³/mol. The number of nitrogens with one attached hydrogen (secondary N) is 1. The Kier molecular flexibility index (Phi) is 6.16. The molecule has 1 N–H and O–H groups in total. The highest BCUT2D eigenvalue weighted by Crippen LogP contribution is 2.19. The summed E-state index contributed by atoms with van der Waals surface area (Å²) in [6, 6.07) is 16.1. The number of hydrogen-bond acceptors (Lipinski definition) is 3. The number of ether oxygens (including phenoxy) is 1. The minimum absolute atomic E-state index is 0.0973. The van der Waals surface area contributed by atoms with Crippen LogP contribution >= 0.6 is 12.2 Å². The molecule has 0 spiro atoms. The van der Waals surface area contributed by atoms with Gasteiger partial charge in [0.1, 0.15) is 11.9 Å². The van der Waals surface area contributed by atoms with E-state index in [0.29, 0.717) is 16.2 Å². The first-order valence-corrected chi connectivity index (χ1v) is 8.98. The van der Waals surface area contributed by atoms with Crippen molar-refractivity contribution in [3.63, 3.8) is 0 Å². The van der Waals surface area contributed by atoms with Crippen LogP contribution in [0.1, 0.15) is 24.0 Å². The highest BCUT2D eigenvalue weighted by atomic mass is 32.1. The molecule has 0 radical (unpaired) electrons. The van der Waals surface area contributed by atoms with E-state index in [-0.39, 0.29) is 18.5 Å². The zero-order chi connectivity index (χ0) is 18.4. The number of halogens is 1. The Bertz CT molecular complexity index is 813. The normalized spacial score (nSPS) is 14.7. The Morgan fingerprint density at radius 1 is 1.19 bits per heavy atom. The van der Waals surface area contributed by atoms with Gasteiger partial charge in [-0.15, -0.1) is 0 Å². The van der Waals surface area contributed by atoms with Crippen molar-refractivity contribution in [1.29, 1.82) is 5.26 Å². The number of benzene rings is 2. The molecule has 6 heteroatoms. The zero-order valence-electron chi connectivity index (χ0n) is 14.3. The topological polar surface area (TPSA) is 48.3 Å². The number of rotatable bonds is 4. The van der Waals surface area contributed by atoms with E-state index in [2.05, 4.69) is 16.3 Å². The average molecular weight is 369 g/mol. The summed E-state index contributed by atoms with van der Waals surface area (Å²) in [5.74, 6) is -0.230. The minimum Gasteiger partial charge on any atom is -0.373 e. The SMILES string of the molecule is N#Cc1ccccc1NC(=S)N1CCC(OCc2ccccc2F)CC1. The molecule has 2 aromatic rings. The number of hydrogen-bond donors (Lipinski definition) is 1. The van der Waals surface area contributed by atoms with Crippen LogP contribution in [0.2, 0.25) is 0 Å². The van der Waals surface area contributed by atoms with E-state index in [1.807, 2.05) is 24.3 Å². The number of para-hydroxylation sites is 1. The van der Waals surface area contributed by atoms with Gasteiger partial charge in [0.25, 0.3) is 0 Å². The second-order valence-corrected chi connectivity index (χ2v) is 6.56. The lowest BCUT2D eigenvalue weighted by Crippen LogP contribution is -2.43. The van der Waals surface area contributed by atoms with Gasteiger partial charge in [0.15, 0.2) is 5.11 Å². The van der Waals surface area contributed by atoms with Gasteiger partial charge in [-0.05, 0) is 43.3 Å². The third-order valence-corrected chi connectivity index (χ3v) is 4.81. The maximum absolute atomic E-state index is 13.6. The van der Waals surface area contributed by atoms with Crippen LogP contribution in [-0.2, 0) is 11.3 Å². The number of piperidine rings is 1. The lowest BCUT2D eigenvalue weighted by Gasteiger charge is -2.33. The van der Waals surface area contributed by atoms with Gasteiger partial charge < -0.3 is 15.0 Å². The van der Waals surface area contributed by atoms with Gasteiger partial charge in [0.05, 0.1) is 24.0 Å².